The third kappa shape index (κ3) is 4.11. The lowest BCUT2D eigenvalue weighted by molar-refractivity contribution is -0.154. The van der Waals surface area contributed by atoms with E-state index in [1.54, 1.807) is 6.92 Å². The summed E-state index contributed by atoms with van der Waals surface area (Å²) < 4.78 is 12.0. The molecule has 3 heteroatoms. The number of carbonyl (C=O) groups is 1. The van der Waals surface area contributed by atoms with E-state index in [0.29, 0.717) is 30.3 Å². The molecule has 5 rings (SSSR count). The molecule has 6 atom stereocenters. The average molecular weight is 445 g/mol. The Labute approximate surface area is 198 Å². The van der Waals surface area contributed by atoms with Crippen molar-refractivity contribution >= 4 is 5.97 Å². The van der Waals surface area contributed by atoms with Crippen LogP contribution in [0.1, 0.15) is 68.6 Å². The highest BCUT2D eigenvalue weighted by molar-refractivity contribution is 5.66. The fraction of sp³-hybridized carbons (Fsp3) is 0.500. The summed E-state index contributed by atoms with van der Waals surface area (Å²) in [5.41, 5.74) is 4.25. The summed E-state index contributed by atoms with van der Waals surface area (Å²) in [6, 6.07) is 17.1. The van der Waals surface area contributed by atoms with E-state index in [2.05, 4.69) is 62.0 Å². The number of aryl methyl sites for hydroxylation is 1. The van der Waals surface area contributed by atoms with Crippen LogP contribution in [0.5, 0.6) is 5.75 Å². The standard InChI is InChI=1S/C30H36O3/c1-4-8-23-18-28(33-20(2)31)30(3)16-15-26-25-14-12-24(32-19-21-9-6-5-7-10-21)17-22(25)11-13-27(26)29(23)30/h4-7,9-10,12,14,17,23,26-29H,1,8,11,13,15-16,18-19H2,2-3H3. The van der Waals surface area contributed by atoms with Crippen LogP contribution in [-0.4, -0.2) is 12.1 Å². The van der Waals surface area contributed by atoms with E-state index in [0.717, 1.165) is 31.4 Å². The fourth-order valence-corrected chi connectivity index (χ4v) is 7.46. The van der Waals surface area contributed by atoms with Crippen LogP contribution in [-0.2, 0) is 22.6 Å². The van der Waals surface area contributed by atoms with Gasteiger partial charge in [-0.15, -0.1) is 6.58 Å². The Morgan fingerprint density at radius 2 is 2.00 bits per heavy atom. The van der Waals surface area contributed by atoms with Crippen LogP contribution in [0.2, 0.25) is 0 Å². The third-order valence-electron chi connectivity index (χ3n) is 8.78. The maximum Gasteiger partial charge on any atom is 0.302 e. The molecule has 0 N–H and O–H groups in total. The summed E-state index contributed by atoms with van der Waals surface area (Å²) >= 11 is 0. The van der Waals surface area contributed by atoms with Crippen LogP contribution in [0.25, 0.3) is 0 Å². The molecule has 0 radical (unpaired) electrons. The van der Waals surface area contributed by atoms with Gasteiger partial charge in [-0.05, 0) is 91.0 Å². The van der Waals surface area contributed by atoms with E-state index in [9.17, 15) is 4.79 Å². The van der Waals surface area contributed by atoms with Crippen LogP contribution in [0.3, 0.4) is 0 Å². The summed E-state index contributed by atoms with van der Waals surface area (Å²) in [4.78, 5) is 11.8. The van der Waals surface area contributed by atoms with Gasteiger partial charge in [-0.25, -0.2) is 0 Å². The number of rotatable bonds is 6. The monoisotopic (exact) mass is 444 g/mol. The zero-order valence-corrected chi connectivity index (χ0v) is 20.0. The van der Waals surface area contributed by atoms with Gasteiger partial charge < -0.3 is 9.47 Å². The van der Waals surface area contributed by atoms with Gasteiger partial charge in [0.15, 0.2) is 0 Å². The van der Waals surface area contributed by atoms with Crippen molar-refractivity contribution in [1.29, 1.82) is 0 Å². The molecule has 2 fully saturated rings. The molecule has 0 aromatic heterocycles. The zero-order chi connectivity index (χ0) is 23.0. The number of hydrogen-bond acceptors (Lipinski definition) is 3. The predicted molar refractivity (Wildman–Crippen MR) is 131 cm³/mol. The molecule has 174 valence electrons. The van der Waals surface area contributed by atoms with Gasteiger partial charge in [0.25, 0.3) is 0 Å². The molecular formula is C30H36O3. The number of ether oxygens (including phenoxy) is 2. The van der Waals surface area contributed by atoms with Gasteiger partial charge in [-0.2, -0.15) is 0 Å². The summed E-state index contributed by atoms with van der Waals surface area (Å²) in [6.45, 7) is 8.59. The van der Waals surface area contributed by atoms with E-state index in [1.165, 1.54) is 29.5 Å². The van der Waals surface area contributed by atoms with E-state index in [4.69, 9.17) is 9.47 Å². The van der Waals surface area contributed by atoms with Crippen molar-refractivity contribution < 1.29 is 14.3 Å². The second-order valence-electron chi connectivity index (χ2n) is 10.6. The van der Waals surface area contributed by atoms with Gasteiger partial charge in [-0.3, -0.25) is 4.79 Å². The highest BCUT2D eigenvalue weighted by Gasteiger charge is 2.59. The highest BCUT2D eigenvalue weighted by Crippen LogP contribution is 2.64. The molecule has 3 aliphatic carbocycles. The molecule has 0 aliphatic heterocycles. The van der Waals surface area contributed by atoms with Gasteiger partial charge in [-0.1, -0.05) is 49.4 Å². The van der Waals surface area contributed by atoms with Crippen LogP contribution in [0.4, 0.5) is 0 Å². The molecule has 2 aromatic rings. The van der Waals surface area contributed by atoms with Crippen molar-refractivity contribution in [1.82, 2.24) is 0 Å². The maximum atomic E-state index is 11.8. The molecule has 2 saturated carbocycles. The average Bonchev–Trinajstić information content (AvgIpc) is 3.09. The van der Waals surface area contributed by atoms with Crippen molar-refractivity contribution in [3.05, 3.63) is 77.9 Å². The normalized spacial score (nSPS) is 32.2. The number of allylic oxidation sites excluding steroid dienone is 1. The molecule has 0 saturated heterocycles. The molecular weight excluding hydrogens is 408 g/mol. The smallest absolute Gasteiger partial charge is 0.302 e. The molecule has 0 spiro atoms. The maximum absolute atomic E-state index is 11.8. The minimum Gasteiger partial charge on any atom is -0.489 e. The Hall–Kier alpha value is -2.55. The molecule has 3 nitrogen and oxygen atoms in total. The topological polar surface area (TPSA) is 35.5 Å². The van der Waals surface area contributed by atoms with E-state index in [-0.39, 0.29) is 17.5 Å². The zero-order valence-electron chi connectivity index (χ0n) is 20.0. The summed E-state index contributed by atoms with van der Waals surface area (Å²) in [5, 5.41) is 0. The lowest BCUT2D eigenvalue weighted by Crippen LogP contribution is -2.46. The number of hydrogen-bond donors (Lipinski definition) is 0. The van der Waals surface area contributed by atoms with E-state index in [1.807, 2.05) is 6.07 Å². The molecule has 0 amide bonds. The van der Waals surface area contributed by atoms with Crippen molar-refractivity contribution in [3.8, 4) is 5.75 Å². The quantitative estimate of drug-likeness (QED) is 0.361. The SMILES string of the molecule is C=CCC1CC(OC(C)=O)C2(C)CCC3c4ccc(OCc5ccccc5)cc4CCC3C12. The lowest BCUT2D eigenvalue weighted by atomic mass is 9.54. The first-order valence-corrected chi connectivity index (χ1v) is 12.6. The minimum absolute atomic E-state index is 0.0426. The highest BCUT2D eigenvalue weighted by atomic mass is 16.5. The Balaban J connectivity index is 1.37. The first kappa shape index (κ1) is 22.3. The predicted octanol–water partition coefficient (Wildman–Crippen LogP) is 6.86. The summed E-state index contributed by atoms with van der Waals surface area (Å²) in [7, 11) is 0. The van der Waals surface area contributed by atoms with Crippen LogP contribution < -0.4 is 4.74 Å². The Kier molecular flexibility index (Phi) is 6.07. The van der Waals surface area contributed by atoms with Crippen LogP contribution >= 0.6 is 0 Å². The molecule has 2 aromatic carbocycles. The van der Waals surface area contributed by atoms with Gasteiger partial charge in [0.2, 0.25) is 0 Å². The van der Waals surface area contributed by atoms with E-state index >= 15 is 0 Å². The second kappa shape index (κ2) is 9.00. The number of carbonyl (C=O) groups excluding carboxylic acids is 1. The van der Waals surface area contributed by atoms with Crippen molar-refractivity contribution in [3.63, 3.8) is 0 Å². The summed E-state index contributed by atoms with van der Waals surface area (Å²) in [6.07, 6.45) is 8.71. The largest absolute Gasteiger partial charge is 0.489 e. The molecule has 33 heavy (non-hydrogen) atoms. The van der Waals surface area contributed by atoms with Crippen molar-refractivity contribution in [2.24, 2.45) is 23.2 Å². The van der Waals surface area contributed by atoms with Crippen molar-refractivity contribution in [2.75, 3.05) is 0 Å². The van der Waals surface area contributed by atoms with Gasteiger partial charge in [0.1, 0.15) is 18.5 Å². The summed E-state index contributed by atoms with van der Waals surface area (Å²) in [5.74, 6) is 3.21. The van der Waals surface area contributed by atoms with Crippen molar-refractivity contribution in [2.45, 2.75) is 71.0 Å². The third-order valence-corrected chi connectivity index (χ3v) is 8.78. The van der Waals surface area contributed by atoms with Gasteiger partial charge in [0, 0.05) is 12.3 Å². The Bertz CT molecular complexity index is 1010. The Morgan fingerprint density at radius 3 is 2.76 bits per heavy atom. The minimum atomic E-state index is -0.140. The Morgan fingerprint density at radius 1 is 1.18 bits per heavy atom. The molecule has 6 unspecified atom stereocenters. The fourth-order valence-electron chi connectivity index (χ4n) is 7.46. The first-order valence-electron chi connectivity index (χ1n) is 12.6. The second-order valence-corrected chi connectivity index (χ2v) is 10.6. The number of esters is 1. The lowest BCUT2D eigenvalue weighted by Gasteiger charge is -2.51. The molecule has 0 bridgehead atoms. The van der Waals surface area contributed by atoms with E-state index < -0.39 is 0 Å². The van der Waals surface area contributed by atoms with Gasteiger partial charge >= 0.3 is 5.97 Å². The number of fused-ring (bicyclic) bond motifs is 5. The van der Waals surface area contributed by atoms with Gasteiger partial charge in [0.05, 0.1) is 0 Å². The molecule has 3 aliphatic rings. The first-order chi connectivity index (χ1) is 16.0. The van der Waals surface area contributed by atoms with Crippen LogP contribution in [0.15, 0.2) is 61.2 Å². The number of benzene rings is 2. The molecule has 0 heterocycles. The van der Waals surface area contributed by atoms with Crippen LogP contribution in [0, 0.1) is 23.2 Å².